The Bertz CT molecular complexity index is 546. The molecule has 0 radical (unpaired) electrons. The molecular formula is C13H18N4O3. The van der Waals surface area contributed by atoms with Crippen molar-refractivity contribution in [1.29, 1.82) is 0 Å². The predicted molar refractivity (Wildman–Crippen MR) is 74.7 cm³/mol. The van der Waals surface area contributed by atoms with Gasteiger partial charge in [0.05, 0.1) is 4.92 Å². The van der Waals surface area contributed by atoms with E-state index in [1.807, 2.05) is 0 Å². The summed E-state index contributed by atoms with van der Waals surface area (Å²) in [5.41, 5.74) is -0.185. The monoisotopic (exact) mass is 278 g/mol. The van der Waals surface area contributed by atoms with Crippen LogP contribution in [0.3, 0.4) is 0 Å². The Labute approximate surface area is 117 Å². The summed E-state index contributed by atoms with van der Waals surface area (Å²) in [5, 5.41) is 13.8. The number of nitro groups is 1. The van der Waals surface area contributed by atoms with Gasteiger partial charge in [-0.1, -0.05) is 6.92 Å². The highest BCUT2D eigenvalue weighted by atomic mass is 16.6. The Morgan fingerprint density at radius 3 is 2.80 bits per heavy atom. The Morgan fingerprint density at radius 1 is 1.65 bits per heavy atom. The SMILES string of the molecule is CNc1cc(C(=O)N(C)CC2CC2C)c([N+](=O)[O-])cn1. The van der Waals surface area contributed by atoms with Gasteiger partial charge in [0.25, 0.3) is 11.6 Å². The zero-order chi connectivity index (χ0) is 14.9. The van der Waals surface area contributed by atoms with E-state index < -0.39 is 4.92 Å². The number of nitrogens with one attached hydrogen (secondary N) is 1. The van der Waals surface area contributed by atoms with Gasteiger partial charge in [0.15, 0.2) is 0 Å². The molecule has 7 heteroatoms. The molecule has 0 saturated heterocycles. The Hall–Kier alpha value is -2.18. The number of rotatable bonds is 5. The maximum absolute atomic E-state index is 12.4. The summed E-state index contributed by atoms with van der Waals surface area (Å²) in [6.45, 7) is 2.77. The molecule has 1 aliphatic carbocycles. The molecular weight excluding hydrogens is 260 g/mol. The lowest BCUT2D eigenvalue weighted by molar-refractivity contribution is -0.385. The molecule has 1 aliphatic rings. The lowest BCUT2D eigenvalue weighted by atomic mass is 10.2. The molecule has 1 N–H and O–H groups in total. The molecule has 108 valence electrons. The fourth-order valence-electron chi connectivity index (χ4n) is 2.20. The first-order valence-corrected chi connectivity index (χ1v) is 6.51. The van der Waals surface area contributed by atoms with Crippen molar-refractivity contribution >= 4 is 17.4 Å². The number of hydrogen-bond acceptors (Lipinski definition) is 5. The van der Waals surface area contributed by atoms with Gasteiger partial charge < -0.3 is 10.2 Å². The molecule has 7 nitrogen and oxygen atoms in total. The van der Waals surface area contributed by atoms with Crippen LogP contribution >= 0.6 is 0 Å². The van der Waals surface area contributed by atoms with Crippen LogP contribution in [0.25, 0.3) is 0 Å². The van der Waals surface area contributed by atoms with Crippen LogP contribution in [0.1, 0.15) is 23.7 Å². The molecule has 1 amide bonds. The average Bonchev–Trinajstić information content (AvgIpc) is 3.12. The summed E-state index contributed by atoms with van der Waals surface area (Å²) in [5.74, 6) is 1.24. The van der Waals surface area contributed by atoms with Crippen molar-refractivity contribution in [2.45, 2.75) is 13.3 Å². The van der Waals surface area contributed by atoms with E-state index >= 15 is 0 Å². The van der Waals surface area contributed by atoms with E-state index in [4.69, 9.17) is 0 Å². The number of anilines is 1. The van der Waals surface area contributed by atoms with Gasteiger partial charge in [-0.3, -0.25) is 14.9 Å². The third kappa shape index (κ3) is 2.87. The number of aromatic nitrogens is 1. The third-order valence-electron chi connectivity index (χ3n) is 3.70. The van der Waals surface area contributed by atoms with Crippen LogP contribution < -0.4 is 5.32 Å². The van der Waals surface area contributed by atoms with Gasteiger partial charge in [0, 0.05) is 26.7 Å². The third-order valence-corrected chi connectivity index (χ3v) is 3.70. The van der Waals surface area contributed by atoms with Crippen molar-refractivity contribution in [3.63, 3.8) is 0 Å². The van der Waals surface area contributed by atoms with Crippen molar-refractivity contribution < 1.29 is 9.72 Å². The zero-order valence-electron chi connectivity index (χ0n) is 11.8. The van der Waals surface area contributed by atoms with Gasteiger partial charge in [-0.25, -0.2) is 4.98 Å². The van der Waals surface area contributed by atoms with Gasteiger partial charge in [-0.2, -0.15) is 0 Å². The van der Waals surface area contributed by atoms with Crippen LogP contribution in [-0.2, 0) is 0 Å². The second kappa shape index (κ2) is 5.44. The van der Waals surface area contributed by atoms with Crippen molar-refractivity contribution in [1.82, 2.24) is 9.88 Å². The summed E-state index contributed by atoms with van der Waals surface area (Å²) in [4.78, 5) is 28.2. The van der Waals surface area contributed by atoms with Gasteiger partial charge in [0.2, 0.25) is 0 Å². The molecule has 0 aliphatic heterocycles. The second-order valence-corrected chi connectivity index (χ2v) is 5.25. The van der Waals surface area contributed by atoms with Crippen LogP contribution in [0.5, 0.6) is 0 Å². The lowest BCUT2D eigenvalue weighted by Gasteiger charge is -2.17. The number of amides is 1. The van der Waals surface area contributed by atoms with Crippen LogP contribution in [0.4, 0.5) is 11.5 Å². The number of pyridine rings is 1. The summed E-state index contributed by atoms with van der Waals surface area (Å²) in [6.07, 6.45) is 2.23. The number of carbonyl (C=O) groups is 1. The van der Waals surface area contributed by atoms with Crippen LogP contribution in [-0.4, -0.2) is 41.4 Å². The first-order chi connectivity index (χ1) is 9.43. The van der Waals surface area contributed by atoms with Gasteiger partial charge in [-0.15, -0.1) is 0 Å². The minimum Gasteiger partial charge on any atom is -0.373 e. The molecule has 2 unspecified atom stereocenters. The lowest BCUT2D eigenvalue weighted by Crippen LogP contribution is -2.29. The van der Waals surface area contributed by atoms with E-state index in [9.17, 15) is 14.9 Å². The topological polar surface area (TPSA) is 88.4 Å². The first-order valence-electron chi connectivity index (χ1n) is 6.51. The highest BCUT2D eigenvalue weighted by Crippen LogP contribution is 2.38. The Morgan fingerprint density at radius 2 is 2.30 bits per heavy atom. The largest absolute Gasteiger partial charge is 0.373 e. The standard InChI is InChI=1S/C13H18N4O3/c1-8-4-9(8)7-16(3)13(18)10-5-12(14-2)15-6-11(10)17(19)20/h5-6,8-9H,4,7H2,1-3H3,(H,14,15). The molecule has 0 aromatic carbocycles. The summed E-state index contributed by atoms with van der Waals surface area (Å²) in [7, 11) is 3.33. The van der Waals surface area contributed by atoms with E-state index in [2.05, 4.69) is 17.2 Å². The fourth-order valence-corrected chi connectivity index (χ4v) is 2.20. The zero-order valence-corrected chi connectivity index (χ0v) is 11.8. The highest BCUT2D eigenvalue weighted by Gasteiger charge is 2.35. The van der Waals surface area contributed by atoms with Crippen molar-refractivity contribution in [2.24, 2.45) is 11.8 Å². The smallest absolute Gasteiger partial charge is 0.300 e. The minimum absolute atomic E-state index is 0.0742. The van der Waals surface area contributed by atoms with Crippen LogP contribution in [0.15, 0.2) is 12.3 Å². The maximum atomic E-state index is 12.4. The van der Waals surface area contributed by atoms with E-state index in [1.54, 1.807) is 19.0 Å². The minimum atomic E-state index is -0.576. The second-order valence-electron chi connectivity index (χ2n) is 5.25. The van der Waals surface area contributed by atoms with Crippen molar-refractivity contribution in [3.05, 3.63) is 27.9 Å². The maximum Gasteiger partial charge on any atom is 0.300 e. The number of carbonyl (C=O) groups excluding carboxylic acids is 1. The van der Waals surface area contributed by atoms with E-state index in [-0.39, 0.29) is 17.2 Å². The van der Waals surface area contributed by atoms with Gasteiger partial charge in [0.1, 0.15) is 17.6 Å². The quantitative estimate of drug-likeness (QED) is 0.655. The number of hydrogen-bond donors (Lipinski definition) is 1. The molecule has 20 heavy (non-hydrogen) atoms. The van der Waals surface area contributed by atoms with Crippen LogP contribution in [0, 0.1) is 22.0 Å². The van der Waals surface area contributed by atoms with Crippen molar-refractivity contribution in [2.75, 3.05) is 26.0 Å². The van der Waals surface area contributed by atoms with E-state index in [1.165, 1.54) is 6.07 Å². The summed E-state index contributed by atoms with van der Waals surface area (Å²) in [6, 6.07) is 1.42. The van der Waals surface area contributed by atoms with Gasteiger partial charge in [-0.05, 0) is 18.3 Å². The molecule has 0 bridgehead atoms. The van der Waals surface area contributed by atoms with E-state index in [0.29, 0.717) is 24.2 Å². The number of nitrogens with zero attached hydrogens (tertiary/aromatic N) is 3. The average molecular weight is 278 g/mol. The van der Waals surface area contributed by atoms with E-state index in [0.717, 1.165) is 12.6 Å². The molecule has 2 rings (SSSR count). The predicted octanol–water partition coefficient (Wildman–Crippen LogP) is 1.76. The summed E-state index contributed by atoms with van der Waals surface area (Å²) >= 11 is 0. The molecule has 1 fully saturated rings. The molecule has 2 atom stereocenters. The summed E-state index contributed by atoms with van der Waals surface area (Å²) < 4.78 is 0. The van der Waals surface area contributed by atoms with Crippen LogP contribution in [0.2, 0.25) is 0 Å². The molecule has 0 spiro atoms. The first kappa shape index (κ1) is 14.2. The molecule has 1 aromatic rings. The molecule has 1 heterocycles. The molecule has 1 aromatic heterocycles. The fraction of sp³-hybridized carbons (Fsp3) is 0.538. The Kier molecular flexibility index (Phi) is 3.87. The van der Waals surface area contributed by atoms with Crippen molar-refractivity contribution in [3.8, 4) is 0 Å². The van der Waals surface area contributed by atoms with Gasteiger partial charge >= 0.3 is 0 Å². The highest BCUT2D eigenvalue weighted by molar-refractivity contribution is 5.98. The Balaban J connectivity index is 2.24. The normalized spacial score (nSPS) is 20.4. The molecule has 1 saturated carbocycles.